The summed E-state index contributed by atoms with van der Waals surface area (Å²) in [5.74, 6) is 0.771. The van der Waals surface area contributed by atoms with Gasteiger partial charge in [-0.1, -0.05) is 47.6 Å². The fourth-order valence-corrected chi connectivity index (χ4v) is 6.28. The molecule has 0 unspecified atom stereocenters. The second-order valence-corrected chi connectivity index (χ2v) is 10.9. The van der Waals surface area contributed by atoms with E-state index in [4.69, 9.17) is 14.2 Å². The quantitative estimate of drug-likeness (QED) is 0.409. The second kappa shape index (κ2) is 9.38. The number of nitrogens with one attached hydrogen (secondary N) is 1. The number of rotatable bonds is 7. The number of hydrogen-bond acceptors (Lipinski definition) is 8. The van der Waals surface area contributed by atoms with E-state index in [0.29, 0.717) is 43.3 Å². The molecule has 1 fully saturated rings. The first-order chi connectivity index (χ1) is 16.5. The first kappa shape index (κ1) is 22.9. The minimum Gasteiger partial charge on any atom is -0.381 e. The molecule has 0 saturated carbocycles. The summed E-state index contributed by atoms with van der Waals surface area (Å²) in [6.07, 6.45) is 1.39. The second-order valence-electron chi connectivity index (χ2n) is 8.29. The predicted molar refractivity (Wildman–Crippen MR) is 129 cm³/mol. The lowest BCUT2D eigenvalue weighted by molar-refractivity contribution is 0.0516. The van der Waals surface area contributed by atoms with Gasteiger partial charge in [0.15, 0.2) is 0 Å². The monoisotopic (exact) mass is 496 g/mol. The zero-order valence-electron chi connectivity index (χ0n) is 18.6. The molecule has 0 radical (unpaired) electrons. The molecule has 10 heteroatoms. The molecule has 2 aromatic carbocycles. The SMILES string of the molecule is Cc1nc(-c2cccc(S(=O)(=O)NCC3(c4nc(-c5ccccc5)cs4)CCOCC3)c2)no1. The Balaban J connectivity index is 1.40. The molecule has 0 amide bonds. The molecule has 34 heavy (non-hydrogen) atoms. The summed E-state index contributed by atoms with van der Waals surface area (Å²) in [5.41, 5.74) is 2.09. The van der Waals surface area contributed by atoms with Crippen LogP contribution in [0.5, 0.6) is 0 Å². The van der Waals surface area contributed by atoms with Crippen molar-refractivity contribution >= 4 is 21.4 Å². The van der Waals surface area contributed by atoms with Gasteiger partial charge in [0.05, 0.1) is 10.6 Å². The molecule has 0 spiro atoms. The largest absolute Gasteiger partial charge is 0.381 e. The van der Waals surface area contributed by atoms with E-state index in [1.807, 2.05) is 35.7 Å². The normalized spacial score (nSPS) is 15.9. The van der Waals surface area contributed by atoms with Crippen LogP contribution in [0, 0.1) is 6.92 Å². The van der Waals surface area contributed by atoms with E-state index in [1.54, 1.807) is 42.5 Å². The third kappa shape index (κ3) is 4.67. The Bertz CT molecular complexity index is 1380. The van der Waals surface area contributed by atoms with E-state index in [0.717, 1.165) is 16.3 Å². The van der Waals surface area contributed by atoms with E-state index in [-0.39, 0.29) is 11.4 Å². The van der Waals surface area contributed by atoms with Crippen molar-refractivity contribution in [1.29, 1.82) is 0 Å². The lowest BCUT2D eigenvalue weighted by atomic mass is 9.81. The van der Waals surface area contributed by atoms with Crippen LogP contribution in [0.15, 0.2) is 69.4 Å². The van der Waals surface area contributed by atoms with Crippen molar-refractivity contribution in [1.82, 2.24) is 19.8 Å². The van der Waals surface area contributed by atoms with E-state index >= 15 is 0 Å². The Labute approximate surface area is 202 Å². The highest BCUT2D eigenvalue weighted by Crippen LogP contribution is 2.38. The number of aryl methyl sites for hydroxylation is 1. The Morgan fingerprint density at radius 2 is 1.79 bits per heavy atom. The maximum absolute atomic E-state index is 13.2. The number of hydrogen-bond donors (Lipinski definition) is 1. The van der Waals surface area contributed by atoms with Gasteiger partial charge in [0, 0.05) is 48.6 Å². The minimum atomic E-state index is -3.77. The zero-order chi connectivity index (χ0) is 23.6. The molecule has 2 aromatic heterocycles. The van der Waals surface area contributed by atoms with Crippen LogP contribution >= 0.6 is 11.3 Å². The van der Waals surface area contributed by atoms with Crippen molar-refractivity contribution in [3.05, 3.63) is 70.9 Å². The van der Waals surface area contributed by atoms with Crippen LogP contribution in [0.2, 0.25) is 0 Å². The maximum atomic E-state index is 13.2. The van der Waals surface area contributed by atoms with Crippen LogP contribution in [-0.2, 0) is 20.2 Å². The summed E-state index contributed by atoms with van der Waals surface area (Å²) in [6.45, 7) is 3.06. The number of benzene rings is 2. The van der Waals surface area contributed by atoms with E-state index in [9.17, 15) is 8.42 Å². The molecule has 0 bridgehead atoms. The van der Waals surface area contributed by atoms with E-state index in [1.165, 1.54) is 0 Å². The van der Waals surface area contributed by atoms with Crippen LogP contribution in [0.4, 0.5) is 0 Å². The molecule has 3 heterocycles. The molecule has 1 N–H and O–H groups in total. The van der Waals surface area contributed by atoms with Gasteiger partial charge in [0.1, 0.15) is 5.01 Å². The molecule has 8 nitrogen and oxygen atoms in total. The van der Waals surface area contributed by atoms with Gasteiger partial charge in [-0.05, 0) is 25.0 Å². The highest BCUT2D eigenvalue weighted by atomic mass is 32.2. The number of aromatic nitrogens is 3. The summed E-state index contributed by atoms with van der Waals surface area (Å²) in [6, 6.07) is 16.5. The van der Waals surface area contributed by atoms with Crippen LogP contribution in [-0.4, -0.2) is 43.3 Å². The molecule has 0 atom stereocenters. The molecule has 1 aliphatic heterocycles. The van der Waals surface area contributed by atoms with Gasteiger partial charge in [-0.2, -0.15) is 4.98 Å². The number of sulfonamides is 1. The lowest BCUT2D eigenvalue weighted by Crippen LogP contribution is -2.44. The average Bonchev–Trinajstić information content (AvgIpc) is 3.54. The smallest absolute Gasteiger partial charge is 0.240 e. The van der Waals surface area contributed by atoms with Gasteiger partial charge in [-0.25, -0.2) is 18.1 Å². The van der Waals surface area contributed by atoms with Crippen molar-refractivity contribution in [3.63, 3.8) is 0 Å². The molecular formula is C24H24N4O4S2. The van der Waals surface area contributed by atoms with Crippen LogP contribution < -0.4 is 4.72 Å². The van der Waals surface area contributed by atoms with Crippen LogP contribution in [0.3, 0.4) is 0 Å². The Morgan fingerprint density at radius 3 is 2.53 bits per heavy atom. The van der Waals surface area contributed by atoms with Gasteiger partial charge in [-0.15, -0.1) is 11.3 Å². The molecule has 0 aliphatic carbocycles. The summed E-state index contributed by atoms with van der Waals surface area (Å²) in [4.78, 5) is 9.25. The average molecular weight is 497 g/mol. The molecule has 1 saturated heterocycles. The van der Waals surface area contributed by atoms with Crippen LogP contribution in [0.1, 0.15) is 23.7 Å². The van der Waals surface area contributed by atoms with Crippen molar-refractivity contribution in [2.24, 2.45) is 0 Å². The third-order valence-electron chi connectivity index (χ3n) is 6.01. The van der Waals surface area contributed by atoms with Crippen molar-refractivity contribution < 1.29 is 17.7 Å². The van der Waals surface area contributed by atoms with Crippen molar-refractivity contribution in [3.8, 4) is 22.6 Å². The molecule has 4 aromatic rings. The minimum absolute atomic E-state index is 0.152. The summed E-state index contributed by atoms with van der Waals surface area (Å²) < 4.78 is 39.9. The fraction of sp³-hybridized carbons (Fsp3) is 0.292. The Hall–Kier alpha value is -2.92. The standard InChI is InChI=1S/C24H24N4O4S2/c1-17-26-22(28-32-17)19-8-5-9-20(14-19)34(29,30)25-16-24(10-12-31-13-11-24)23-27-21(15-33-23)18-6-3-2-4-7-18/h2-9,14-15,25H,10-13,16H2,1H3. The molecule has 176 valence electrons. The maximum Gasteiger partial charge on any atom is 0.240 e. The van der Waals surface area contributed by atoms with Gasteiger partial charge in [0.25, 0.3) is 0 Å². The summed E-state index contributed by atoms with van der Waals surface area (Å²) >= 11 is 1.57. The van der Waals surface area contributed by atoms with Gasteiger partial charge in [0.2, 0.25) is 21.7 Å². The Morgan fingerprint density at radius 1 is 1.03 bits per heavy atom. The van der Waals surface area contributed by atoms with Crippen molar-refractivity contribution in [2.75, 3.05) is 19.8 Å². The van der Waals surface area contributed by atoms with Gasteiger partial charge in [-0.3, -0.25) is 0 Å². The summed E-state index contributed by atoms with van der Waals surface area (Å²) in [5, 5.41) is 6.84. The highest BCUT2D eigenvalue weighted by Gasteiger charge is 2.38. The fourth-order valence-electron chi connectivity index (χ4n) is 4.02. The summed E-state index contributed by atoms with van der Waals surface area (Å²) in [7, 11) is -3.77. The molecule has 5 rings (SSSR count). The highest BCUT2D eigenvalue weighted by molar-refractivity contribution is 7.89. The Kier molecular flexibility index (Phi) is 6.30. The zero-order valence-corrected chi connectivity index (χ0v) is 20.2. The van der Waals surface area contributed by atoms with E-state index < -0.39 is 15.4 Å². The predicted octanol–water partition coefficient (Wildman–Crippen LogP) is 4.20. The first-order valence-corrected chi connectivity index (χ1v) is 13.3. The molecular weight excluding hydrogens is 472 g/mol. The topological polar surface area (TPSA) is 107 Å². The molecule has 1 aliphatic rings. The first-order valence-electron chi connectivity index (χ1n) is 10.9. The third-order valence-corrected chi connectivity index (χ3v) is 8.50. The number of thiazole rings is 1. The van der Waals surface area contributed by atoms with Gasteiger partial charge < -0.3 is 9.26 Å². The van der Waals surface area contributed by atoms with Crippen LogP contribution in [0.25, 0.3) is 22.6 Å². The van der Waals surface area contributed by atoms with Crippen molar-refractivity contribution in [2.45, 2.75) is 30.1 Å². The van der Waals surface area contributed by atoms with Gasteiger partial charge >= 0.3 is 0 Å². The number of nitrogens with zero attached hydrogens (tertiary/aromatic N) is 3. The van der Waals surface area contributed by atoms with E-state index in [2.05, 4.69) is 14.9 Å². The number of ether oxygens (including phenoxy) is 1. The lowest BCUT2D eigenvalue weighted by Gasteiger charge is -2.35.